The van der Waals surface area contributed by atoms with Crippen LogP contribution in [0.25, 0.3) is 0 Å². The van der Waals surface area contributed by atoms with Gasteiger partial charge in [0, 0.05) is 17.6 Å². The van der Waals surface area contributed by atoms with Crippen LogP contribution in [0.15, 0.2) is 41.1 Å². The van der Waals surface area contributed by atoms with Crippen molar-refractivity contribution in [2.75, 3.05) is 13.1 Å². The van der Waals surface area contributed by atoms with E-state index in [4.69, 9.17) is 9.15 Å². The summed E-state index contributed by atoms with van der Waals surface area (Å²) in [6, 6.07) is 7.68. The van der Waals surface area contributed by atoms with Crippen LogP contribution in [0.5, 0.6) is 11.8 Å². The van der Waals surface area contributed by atoms with Gasteiger partial charge in [-0.25, -0.2) is 0 Å². The Bertz CT molecular complexity index is 689. The van der Waals surface area contributed by atoms with Gasteiger partial charge in [0.25, 0.3) is 5.91 Å². The Balaban J connectivity index is 1.41. The number of nitrogens with zero attached hydrogens (tertiary/aromatic N) is 2. The number of hydrogen-bond donors (Lipinski definition) is 1. The van der Waals surface area contributed by atoms with Gasteiger partial charge in [0.05, 0.1) is 6.20 Å². The Kier molecular flexibility index (Phi) is 3.98. The summed E-state index contributed by atoms with van der Waals surface area (Å²) >= 11 is 0. The first-order valence-electron chi connectivity index (χ1n) is 8.43. The first-order chi connectivity index (χ1) is 11.7. The lowest BCUT2D eigenvalue weighted by Gasteiger charge is -2.49. The molecule has 2 atom stereocenters. The van der Waals surface area contributed by atoms with Crippen LogP contribution in [-0.2, 0) is 0 Å². The number of amides is 1. The van der Waals surface area contributed by atoms with Crippen molar-refractivity contribution < 1.29 is 13.9 Å². The zero-order valence-electron chi connectivity index (χ0n) is 13.6. The second-order valence-electron chi connectivity index (χ2n) is 6.54. The molecule has 4 heterocycles. The summed E-state index contributed by atoms with van der Waals surface area (Å²) in [5.41, 5.74) is 0.637. The van der Waals surface area contributed by atoms with Gasteiger partial charge in [0.15, 0.2) is 0 Å². The Hall–Kier alpha value is -2.34. The summed E-state index contributed by atoms with van der Waals surface area (Å²) in [6.45, 7) is 4.53. The van der Waals surface area contributed by atoms with Gasteiger partial charge in [0.1, 0.15) is 12.0 Å². The Morgan fingerprint density at radius 2 is 2.04 bits per heavy atom. The third-order valence-corrected chi connectivity index (χ3v) is 5.21. The van der Waals surface area contributed by atoms with Crippen molar-refractivity contribution in [2.24, 2.45) is 5.92 Å². The van der Waals surface area contributed by atoms with Crippen molar-refractivity contribution in [1.29, 1.82) is 0 Å². The molecule has 6 nitrogen and oxygen atoms in total. The molecule has 6 heteroatoms. The number of piperidine rings is 3. The third kappa shape index (κ3) is 2.89. The minimum Gasteiger partial charge on any atom is -0.417 e. The molecule has 1 aromatic carbocycles. The molecule has 0 radical (unpaired) electrons. The summed E-state index contributed by atoms with van der Waals surface area (Å²) in [5.74, 6) is 1.16. The van der Waals surface area contributed by atoms with Gasteiger partial charge in [-0.1, -0.05) is 0 Å². The molecule has 3 fully saturated rings. The SMILES string of the molecule is C[C@H]1[C@H](NC(=O)c2ccc(Oc3ncco3)cc2)C2CCN1CC2. The highest BCUT2D eigenvalue weighted by Crippen LogP contribution is 2.32. The van der Waals surface area contributed by atoms with Gasteiger partial charge in [-0.15, -0.1) is 0 Å². The fourth-order valence-corrected chi connectivity index (χ4v) is 3.82. The second-order valence-corrected chi connectivity index (χ2v) is 6.54. The van der Waals surface area contributed by atoms with Crippen molar-refractivity contribution in [3.8, 4) is 11.8 Å². The third-order valence-electron chi connectivity index (χ3n) is 5.21. The number of nitrogens with one attached hydrogen (secondary N) is 1. The molecule has 1 amide bonds. The highest BCUT2D eigenvalue weighted by Gasteiger charge is 2.40. The lowest BCUT2D eigenvalue weighted by atomic mass is 9.79. The largest absolute Gasteiger partial charge is 0.417 e. The van der Waals surface area contributed by atoms with E-state index in [9.17, 15) is 4.79 Å². The minimum atomic E-state index is -0.0247. The van der Waals surface area contributed by atoms with Crippen molar-refractivity contribution in [3.05, 3.63) is 42.3 Å². The summed E-state index contributed by atoms with van der Waals surface area (Å²) < 4.78 is 10.5. The fraction of sp³-hybridized carbons (Fsp3) is 0.444. The average Bonchev–Trinajstić information content (AvgIpc) is 3.12. The highest BCUT2D eigenvalue weighted by molar-refractivity contribution is 5.94. The molecule has 3 aliphatic heterocycles. The lowest BCUT2D eigenvalue weighted by Crippen LogP contribution is -2.62. The molecule has 0 spiro atoms. The maximum Gasteiger partial charge on any atom is 0.399 e. The number of carbonyl (C=O) groups excluding carboxylic acids is 1. The molecule has 3 saturated heterocycles. The van der Waals surface area contributed by atoms with Gasteiger partial charge in [-0.2, -0.15) is 4.98 Å². The van der Waals surface area contributed by atoms with E-state index in [2.05, 4.69) is 22.1 Å². The topological polar surface area (TPSA) is 67.6 Å². The van der Waals surface area contributed by atoms with Crippen LogP contribution in [-0.4, -0.2) is 41.0 Å². The van der Waals surface area contributed by atoms with E-state index in [1.165, 1.54) is 25.3 Å². The average molecular weight is 327 g/mol. The summed E-state index contributed by atoms with van der Waals surface area (Å²) in [6.07, 6.45) is 5.52. The van der Waals surface area contributed by atoms with Crippen molar-refractivity contribution in [2.45, 2.75) is 31.8 Å². The standard InChI is InChI=1S/C18H21N3O3/c1-12-16(13-6-9-21(12)10-7-13)20-17(22)14-2-4-15(5-3-14)24-18-19-8-11-23-18/h2-5,8,11-13,16H,6-7,9-10H2,1H3,(H,20,22)/t12-,16-/m0/s1. The van der Waals surface area contributed by atoms with E-state index in [0.29, 0.717) is 23.3 Å². The second kappa shape index (κ2) is 6.28. The molecule has 1 N–H and O–H groups in total. The molecule has 0 unspecified atom stereocenters. The van der Waals surface area contributed by atoms with Crippen LogP contribution in [0.1, 0.15) is 30.1 Å². The maximum absolute atomic E-state index is 12.6. The van der Waals surface area contributed by atoms with E-state index in [-0.39, 0.29) is 18.0 Å². The van der Waals surface area contributed by atoms with E-state index < -0.39 is 0 Å². The molecule has 5 rings (SSSR count). The zero-order valence-corrected chi connectivity index (χ0v) is 13.6. The first-order valence-corrected chi connectivity index (χ1v) is 8.43. The summed E-state index contributed by atoms with van der Waals surface area (Å²) in [7, 11) is 0. The summed E-state index contributed by atoms with van der Waals surface area (Å²) in [5, 5.41) is 3.23. The molecule has 0 saturated carbocycles. The van der Waals surface area contributed by atoms with Crippen molar-refractivity contribution >= 4 is 5.91 Å². The fourth-order valence-electron chi connectivity index (χ4n) is 3.82. The van der Waals surface area contributed by atoms with Crippen LogP contribution in [0.4, 0.5) is 0 Å². The molecular formula is C18H21N3O3. The Morgan fingerprint density at radius 1 is 1.29 bits per heavy atom. The van der Waals surface area contributed by atoms with Gasteiger partial charge in [0.2, 0.25) is 0 Å². The number of rotatable bonds is 4. The van der Waals surface area contributed by atoms with Gasteiger partial charge >= 0.3 is 6.08 Å². The lowest BCUT2D eigenvalue weighted by molar-refractivity contribution is 0.0217. The minimum absolute atomic E-state index is 0.0247. The Morgan fingerprint density at radius 3 is 2.67 bits per heavy atom. The summed E-state index contributed by atoms with van der Waals surface area (Å²) in [4.78, 5) is 18.9. The van der Waals surface area contributed by atoms with E-state index in [1.807, 2.05) is 0 Å². The number of oxazole rings is 1. The predicted molar refractivity (Wildman–Crippen MR) is 88.0 cm³/mol. The molecule has 2 bridgehead atoms. The van der Waals surface area contributed by atoms with Crippen LogP contribution >= 0.6 is 0 Å². The predicted octanol–water partition coefficient (Wildman–Crippen LogP) is 2.68. The van der Waals surface area contributed by atoms with Crippen LogP contribution in [0.2, 0.25) is 0 Å². The van der Waals surface area contributed by atoms with Crippen LogP contribution in [0.3, 0.4) is 0 Å². The number of carbonyl (C=O) groups is 1. The quantitative estimate of drug-likeness (QED) is 0.935. The molecule has 24 heavy (non-hydrogen) atoms. The molecule has 126 valence electrons. The normalized spacial score (nSPS) is 28.5. The smallest absolute Gasteiger partial charge is 0.399 e. The number of ether oxygens (including phenoxy) is 1. The molecular weight excluding hydrogens is 306 g/mol. The number of benzene rings is 1. The molecule has 2 aromatic rings. The monoisotopic (exact) mass is 327 g/mol. The number of aromatic nitrogens is 1. The molecule has 0 aliphatic carbocycles. The maximum atomic E-state index is 12.6. The van der Waals surface area contributed by atoms with Crippen molar-refractivity contribution in [1.82, 2.24) is 15.2 Å². The molecule has 3 aliphatic rings. The van der Waals surface area contributed by atoms with Gasteiger partial charge in [-0.05, 0) is 63.0 Å². The number of hydrogen-bond acceptors (Lipinski definition) is 5. The van der Waals surface area contributed by atoms with Gasteiger partial charge < -0.3 is 14.5 Å². The van der Waals surface area contributed by atoms with Gasteiger partial charge in [-0.3, -0.25) is 9.69 Å². The highest BCUT2D eigenvalue weighted by atomic mass is 16.6. The van der Waals surface area contributed by atoms with E-state index in [0.717, 1.165) is 13.1 Å². The number of fused-ring (bicyclic) bond motifs is 3. The first kappa shape index (κ1) is 15.2. The Labute approximate surface area is 140 Å². The molecule has 1 aromatic heterocycles. The van der Waals surface area contributed by atoms with E-state index >= 15 is 0 Å². The van der Waals surface area contributed by atoms with Crippen LogP contribution in [0, 0.1) is 5.92 Å². The van der Waals surface area contributed by atoms with Crippen molar-refractivity contribution in [3.63, 3.8) is 0 Å². The van der Waals surface area contributed by atoms with Crippen LogP contribution < -0.4 is 10.1 Å². The zero-order chi connectivity index (χ0) is 16.5. The van der Waals surface area contributed by atoms with E-state index in [1.54, 1.807) is 24.3 Å².